The van der Waals surface area contributed by atoms with Crippen LogP contribution in [0.4, 0.5) is 14.6 Å². The molecule has 1 atom stereocenters. The van der Waals surface area contributed by atoms with E-state index < -0.39 is 23.1 Å². The molecule has 0 spiro atoms. The summed E-state index contributed by atoms with van der Waals surface area (Å²) in [5.41, 5.74) is 11.5. The van der Waals surface area contributed by atoms with Crippen LogP contribution in [0, 0.1) is 23.5 Å². The topological polar surface area (TPSA) is 117 Å². The fourth-order valence-electron chi connectivity index (χ4n) is 3.88. The number of benzene rings is 1. The summed E-state index contributed by atoms with van der Waals surface area (Å²) in [6.07, 6.45) is 4.23. The van der Waals surface area contributed by atoms with Crippen LogP contribution in [-0.4, -0.2) is 38.3 Å². The summed E-state index contributed by atoms with van der Waals surface area (Å²) in [6, 6.07) is 1.43. The Kier molecular flexibility index (Phi) is 4.22. The Labute approximate surface area is 170 Å². The van der Waals surface area contributed by atoms with Gasteiger partial charge in [0.05, 0.1) is 23.4 Å². The third kappa shape index (κ3) is 2.90. The van der Waals surface area contributed by atoms with E-state index >= 15 is 0 Å². The number of fused-ring (bicyclic) bond motifs is 1. The Balaban J connectivity index is 1.59. The number of anilines is 1. The highest BCUT2D eigenvalue weighted by Crippen LogP contribution is 2.38. The van der Waals surface area contributed by atoms with Crippen molar-refractivity contribution in [1.82, 2.24) is 24.6 Å². The molecule has 1 amide bonds. The summed E-state index contributed by atoms with van der Waals surface area (Å²) in [5, 5.41) is 7.48. The maximum Gasteiger partial charge on any atom is 0.255 e. The number of aromatic nitrogens is 4. The molecule has 2 aliphatic rings. The average Bonchev–Trinajstić information content (AvgIpc) is 3.11. The summed E-state index contributed by atoms with van der Waals surface area (Å²) >= 11 is 0. The van der Waals surface area contributed by atoms with Crippen molar-refractivity contribution in [3.05, 3.63) is 40.8 Å². The van der Waals surface area contributed by atoms with Gasteiger partial charge in [-0.3, -0.25) is 4.79 Å². The second kappa shape index (κ2) is 6.81. The number of nitrogens with two attached hydrogens (primary N) is 2. The van der Waals surface area contributed by atoms with E-state index in [-0.39, 0.29) is 34.7 Å². The molecule has 3 aromatic rings. The van der Waals surface area contributed by atoms with Crippen LogP contribution in [0.3, 0.4) is 0 Å². The molecule has 1 aliphatic heterocycles. The lowest BCUT2D eigenvalue weighted by molar-refractivity contribution is 0.100. The number of nitrogens with zero attached hydrogens (tertiary/aromatic N) is 4. The summed E-state index contributed by atoms with van der Waals surface area (Å²) in [6.45, 7) is 1.43. The van der Waals surface area contributed by atoms with Crippen molar-refractivity contribution in [2.75, 3.05) is 18.8 Å². The van der Waals surface area contributed by atoms with Crippen molar-refractivity contribution < 1.29 is 13.6 Å². The Hall–Kier alpha value is -3.45. The number of imidazole rings is 1. The number of primary amides is 1. The van der Waals surface area contributed by atoms with Gasteiger partial charge >= 0.3 is 0 Å². The van der Waals surface area contributed by atoms with Gasteiger partial charge in [-0.25, -0.2) is 18.4 Å². The van der Waals surface area contributed by atoms with Gasteiger partial charge in [0, 0.05) is 18.7 Å². The van der Waals surface area contributed by atoms with E-state index in [9.17, 15) is 13.6 Å². The maximum atomic E-state index is 15.0. The molecular weight excluding hydrogens is 392 g/mol. The predicted octanol–water partition coefficient (Wildman–Crippen LogP) is 1.46. The highest BCUT2D eigenvalue weighted by molar-refractivity contribution is 5.99. The molecule has 154 valence electrons. The Bertz CT molecular complexity index is 1240. The lowest BCUT2D eigenvalue weighted by Crippen LogP contribution is -2.18. The first-order chi connectivity index (χ1) is 14.5. The van der Waals surface area contributed by atoms with E-state index in [4.69, 9.17) is 11.5 Å². The number of amides is 1. The van der Waals surface area contributed by atoms with Crippen molar-refractivity contribution in [1.29, 1.82) is 0 Å². The fraction of sp³-hybridized carbons (Fsp3) is 0.350. The summed E-state index contributed by atoms with van der Waals surface area (Å²) < 4.78 is 32.9. The van der Waals surface area contributed by atoms with E-state index in [1.165, 1.54) is 17.1 Å². The Morgan fingerprint density at radius 1 is 1.23 bits per heavy atom. The smallest absolute Gasteiger partial charge is 0.255 e. The molecule has 30 heavy (non-hydrogen) atoms. The number of carbonyl (C=O) groups excluding carboxylic acids is 1. The molecule has 0 bridgehead atoms. The van der Waals surface area contributed by atoms with Crippen LogP contribution in [0.1, 0.15) is 53.0 Å². The third-order valence-corrected chi connectivity index (χ3v) is 5.58. The molecule has 5 N–H and O–H groups in total. The van der Waals surface area contributed by atoms with Gasteiger partial charge in [0.15, 0.2) is 11.5 Å². The van der Waals surface area contributed by atoms with Crippen LogP contribution in [-0.2, 0) is 0 Å². The monoisotopic (exact) mass is 411 g/mol. The fourth-order valence-corrected chi connectivity index (χ4v) is 3.88. The van der Waals surface area contributed by atoms with Crippen molar-refractivity contribution >= 4 is 22.8 Å². The van der Waals surface area contributed by atoms with Crippen LogP contribution in [0.15, 0.2) is 12.4 Å². The maximum absolute atomic E-state index is 15.0. The molecule has 1 saturated heterocycles. The molecule has 2 aromatic heterocycles. The average molecular weight is 411 g/mol. The van der Waals surface area contributed by atoms with Crippen molar-refractivity contribution in [2.45, 2.75) is 31.3 Å². The van der Waals surface area contributed by atoms with Crippen LogP contribution in [0.2, 0.25) is 0 Å². The first-order valence-corrected chi connectivity index (χ1v) is 9.70. The van der Waals surface area contributed by atoms with E-state index in [0.29, 0.717) is 12.1 Å². The van der Waals surface area contributed by atoms with E-state index in [2.05, 4.69) is 27.2 Å². The van der Waals surface area contributed by atoms with Crippen molar-refractivity contribution in [3.63, 3.8) is 0 Å². The van der Waals surface area contributed by atoms with Gasteiger partial charge in [0.25, 0.3) is 5.91 Å². The summed E-state index contributed by atoms with van der Waals surface area (Å²) in [4.78, 5) is 16.0. The van der Waals surface area contributed by atoms with Crippen molar-refractivity contribution in [2.24, 2.45) is 5.73 Å². The Morgan fingerprint density at radius 2 is 2.03 bits per heavy atom. The Morgan fingerprint density at radius 3 is 2.70 bits per heavy atom. The second-order valence-corrected chi connectivity index (χ2v) is 7.61. The minimum atomic E-state index is -0.843. The van der Waals surface area contributed by atoms with Crippen LogP contribution in [0.25, 0.3) is 11.0 Å². The van der Waals surface area contributed by atoms with Gasteiger partial charge in [-0.2, -0.15) is 5.10 Å². The summed E-state index contributed by atoms with van der Waals surface area (Å²) in [5.74, 6) is 2.71. The number of rotatable bonds is 3. The molecule has 5 rings (SSSR count). The van der Waals surface area contributed by atoms with Gasteiger partial charge in [0.1, 0.15) is 22.7 Å². The number of halogens is 2. The molecule has 2 fully saturated rings. The zero-order valence-corrected chi connectivity index (χ0v) is 16.0. The highest BCUT2D eigenvalue weighted by Gasteiger charge is 2.28. The third-order valence-electron chi connectivity index (χ3n) is 5.58. The minimum absolute atomic E-state index is 0.00527. The molecule has 0 radical (unpaired) electrons. The summed E-state index contributed by atoms with van der Waals surface area (Å²) in [7, 11) is 0. The molecular formula is C20H19F2N7O. The highest BCUT2D eigenvalue weighted by atomic mass is 19.1. The lowest BCUT2D eigenvalue weighted by Gasteiger charge is -2.10. The molecule has 1 aliphatic carbocycles. The zero-order chi connectivity index (χ0) is 21.0. The number of nitrogen functional groups attached to an aromatic ring is 1. The zero-order valence-electron chi connectivity index (χ0n) is 16.0. The SMILES string of the molecule is NC(=O)c1c(C#Cc2c(F)cc3c(ncn3C3CC3)c2F)nn(C2CCNC2)c1N. The molecule has 10 heteroatoms. The lowest BCUT2D eigenvalue weighted by atomic mass is 10.1. The molecule has 1 aromatic carbocycles. The minimum Gasteiger partial charge on any atom is -0.383 e. The largest absolute Gasteiger partial charge is 0.383 e. The van der Waals surface area contributed by atoms with E-state index in [1.807, 2.05) is 0 Å². The van der Waals surface area contributed by atoms with Gasteiger partial charge in [-0.1, -0.05) is 5.92 Å². The van der Waals surface area contributed by atoms with Crippen LogP contribution < -0.4 is 16.8 Å². The van der Waals surface area contributed by atoms with Gasteiger partial charge in [0.2, 0.25) is 0 Å². The first kappa shape index (κ1) is 18.6. The van der Waals surface area contributed by atoms with Crippen molar-refractivity contribution in [3.8, 4) is 11.8 Å². The van der Waals surface area contributed by atoms with E-state index in [1.54, 1.807) is 4.57 Å². The first-order valence-electron chi connectivity index (χ1n) is 9.70. The predicted molar refractivity (Wildman–Crippen MR) is 106 cm³/mol. The number of carbonyl (C=O) groups is 1. The number of nitrogens with one attached hydrogen (secondary N) is 1. The van der Waals surface area contributed by atoms with Gasteiger partial charge in [-0.05, 0) is 31.7 Å². The second-order valence-electron chi connectivity index (χ2n) is 7.61. The molecule has 3 heterocycles. The van der Waals surface area contributed by atoms with Crippen LogP contribution >= 0.6 is 0 Å². The number of hydrogen-bond donors (Lipinski definition) is 3. The molecule has 1 saturated carbocycles. The normalized spacial score (nSPS) is 18.5. The van der Waals surface area contributed by atoms with E-state index in [0.717, 1.165) is 25.8 Å². The molecule has 8 nitrogen and oxygen atoms in total. The standard InChI is InChI=1S/C20H19F2N7O/c21-13-7-15-18(26-9-28(15)10-1-2-10)17(22)12(13)3-4-14-16(20(24)30)19(23)29(27-14)11-5-6-25-8-11/h7,9-11,25H,1-2,5-6,8,23H2,(H2,24,30). The number of hydrogen-bond acceptors (Lipinski definition) is 5. The van der Waals surface area contributed by atoms with Gasteiger partial charge < -0.3 is 21.4 Å². The van der Waals surface area contributed by atoms with Crippen LogP contribution in [0.5, 0.6) is 0 Å². The quantitative estimate of drug-likeness (QED) is 0.564. The van der Waals surface area contributed by atoms with Gasteiger partial charge in [-0.15, -0.1) is 0 Å². The molecule has 1 unspecified atom stereocenters.